The lowest BCUT2D eigenvalue weighted by atomic mass is 9.93. The number of hydrogen-bond donors (Lipinski definition) is 0. The van der Waals surface area contributed by atoms with Gasteiger partial charge in [0.05, 0.1) is 23.2 Å². The fourth-order valence-electron chi connectivity index (χ4n) is 10.1. The summed E-state index contributed by atoms with van der Waals surface area (Å²) >= 11 is 0. The van der Waals surface area contributed by atoms with Crippen LogP contribution in [0.3, 0.4) is 0 Å². The van der Waals surface area contributed by atoms with E-state index in [9.17, 15) is 10.5 Å². The van der Waals surface area contributed by atoms with E-state index in [0.717, 1.165) is 93.2 Å². The third-order valence-electron chi connectivity index (χ3n) is 13.4. The number of nitrogens with zero attached hydrogens (tertiary/aromatic N) is 4. The quantitative estimate of drug-likeness (QED) is 0.0536. The first kappa shape index (κ1) is 45.9. The maximum absolute atomic E-state index is 15.1. The minimum Gasteiger partial charge on any atom is -0.443 e. The van der Waals surface area contributed by atoms with E-state index in [-0.39, 0.29) is 12.6 Å². The summed E-state index contributed by atoms with van der Waals surface area (Å²) in [4.78, 5) is 4.32. The molecule has 0 amide bonds. The molecule has 0 N–H and O–H groups in total. The summed E-state index contributed by atoms with van der Waals surface area (Å²) in [6.07, 6.45) is 22.2. The summed E-state index contributed by atoms with van der Waals surface area (Å²) in [6, 6.07) is 39.5. The molecule has 2 aliphatic heterocycles. The molecule has 5 aliphatic rings. The molecular weight excluding hydrogens is 899 g/mol. The zero-order valence-corrected chi connectivity index (χ0v) is 40.1. The lowest BCUT2D eigenvalue weighted by Gasteiger charge is -2.35. The Labute approximate surface area is 404 Å². The van der Waals surface area contributed by atoms with Crippen molar-refractivity contribution in [2.75, 3.05) is 19.1 Å². The van der Waals surface area contributed by atoms with Gasteiger partial charge in [0.2, 0.25) is 0 Å². The smallest absolute Gasteiger partial charge is 0.292 e. The molecule has 0 spiro atoms. The predicted octanol–water partition coefficient (Wildman–Crippen LogP) is 12.4. The van der Waals surface area contributed by atoms with Gasteiger partial charge >= 0.3 is 0 Å². The molecular formula is C57H52N4O6P2. The number of rotatable bonds is 16. The molecule has 5 aromatic carbocycles. The number of benzene rings is 5. The molecule has 0 radical (unpaired) electrons. The van der Waals surface area contributed by atoms with Crippen molar-refractivity contribution in [1.29, 1.82) is 10.5 Å². The molecule has 0 aromatic heterocycles. The number of ether oxygens (including phenoxy) is 2. The van der Waals surface area contributed by atoms with E-state index < -0.39 is 14.7 Å². The van der Waals surface area contributed by atoms with Gasteiger partial charge in [-0.2, -0.15) is 0 Å². The van der Waals surface area contributed by atoms with Gasteiger partial charge in [-0.1, -0.05) is 145 Å². The van der Waals surface area contributed by atoms with Gasteiger partial charge in [0, 0.05) is 61.3 Å². The molecule has 0 saturated heterocycles. The highest BCUT2D eigenvalue weighted by Gasteiger charge is 2.40. The average molecular weight is 951 g/mol. The fourth-order valence-corrected chi connectivity index (χ4v) is 15.1. The number of nitriles is 2. The number of fused-ring (bicyclic) bond motifs is 4. The van der Waals surface area contributed by atoms with Crippen LogP contribution in [0.4, 0.5) is 0 Å². The minimum absolute atomic E-state index is 0.181. The van der Waals surface area contributed by atoms with Crippen molar-refractivity contribution in [3.8, 4) is 24.0 Å². The van der Waals surface area contributed by atoms with Crippen LogP contribution in [-0.4, -0.2) is 28.9 Å². The Morgan fingerprint density at radius 2 is 0.957 bits per heavy atom. The molecule has 3 aliphatic carbocycles. The van der Waals surface area contributed by atoms with E-state index >= 15 is 9.13 Å². The summed E-state index contributed by atoms with van der Waals surface area (Å²) < 4.78 is 54.1. The van der Waals surface area contributed by atoms with Gasteiger partial charge in [-0.05, 0) is 78.6 Å². The predicted molar refractivity (Wildman–Crippen MR) is 270 cm³/mol. The molecule has 0 bridgehead atoms. The van der Waals surface area contributed by atoms with E-state index in [0.29, 0.717) is 50.5 Å². The molecule has 2 atom stereocenters. The Balaban J connectivity index is 0.858. The topological polar surface area (TPSA) is 125 Å². The highest BCUT2D eigenvalue weighted by Crippen LogP contribution is 2.57. The Hall–Kier alpha value is -6.90. The molecule has 5 aromatic rings. The van der Waals surface area contributed by atoms with E-state index in [1.165, 1.54) is 16.7 Å². The number of hydrogen-bond acceptors (Lipinski definition) is 10. The second-order valence-electron chi connectivity index (χ2n) is 18.1. The van der Waals surface area contributed by atoms with Crippen molar-refractivity contribution < 1.29 is 27.7 Å². The zero-order chi connectivity index (χ0) is 47.2. The first-order chi connectivity index (χ1) is 33.8. The van der Waals surface area contributed by atoms with Gasteiger partial charge in [-0.25, -0.2) is 0 Å². The van der Waals surface area contributed by atoms with E-state index in [4.69, 9.17) is 18.5 Å². The van der Waals surface area contributed by atoms with Crippen LogP contribution < -0.4 is 20.1 Å². The Morgan fingerprint density at radius 3 is 1.48 bits per heavy atom. The van der Waals surface area contributed by atoms with Crippen LogP contribution >= 0.6 is 14.7 Å². The molecule has 2 unspecified atom stereocenters. The van der Waals surface area contributed by atoms with Crippen LogP contribution in [0.25, 0.3) is 11.1 Å². The largest absolute Gasteiger partial charge is 0.443 e. The maximum Gasteiger partial charge on any atom is 0.292 e. The van der Waals surface area contributed by atoms with Gasteiger partial charge in [0.15, 0.2) is 0 Å². The Morgan fingerprint density at radius 1 is 0.507 bits per heavy atom. The SMILES string of the molecule is N#COc1ccccc1CN(CC1=CC=C(Cc2ccc(CN(Cc3ccccc3OC#N)CP3(=O)OC4=C(CC=CC4)c4ccccc43)cc2)CC1)CP1(=O)OC2=C(CC=CC2)c2ccccc21. The highest BCUT2D eigenvalue weighted by molar-refractivity contribution is 7.67. The molecule has 346 valence electrons. The third kappa shape index (κ3) is 10.1. The van der Waals surface area contributed by atoms with Gasteiger partial charge in [0.1, 0.15) is 23.0 Å². The Kier molecular flexibility index (Phi) is 13.5. The van der Waals surface area contributed by atoms with Gasteiger partial charge in [-0.15, -0.1) is 10.5 Å². The zero-order valence-electron chi connectivity index (χ0n) is 38.3. The van der Waals surface area contributed by atoms with Crippen molar-refractivity contribution in [2.24, 2.45) is 0 Å². The summed E-state index contributed by atoms with van der Waals surface area (Å²) in [5, 5.41) is 20.4. The molecule has 10 rings (SSSR count). The average Bonchev–Trinajstić information content (AvgIpc) is 3.36. The van der Waals surface area contributed by atoms with Crippen molar-refractivity contribution in [3.63, 3.8) is 0 Å². The first-order valence-corrected chi connectivity index (χ1v) is 27.1. The van der Waals surface area contributed by atoms with E-state index in [1.54, 1.807) is 12.1 Å². The number of allylic oxidation sites excluding steroid dienone is 9. The molecule has 12 heteroatoms. The summed E-state index contributed by atoms with van der Waals surface area (Å²) in [5.74, 6) is 2.53. The summed E-state index contributed by atoms with van der Waals surface area (Å²) in [6.45, 7) is 1.89. The molecule has 0 saturated carbocycles. The van der Waals surface area contributed by atoms with Crippen LogP contribution in [0.2, 0.25) is 0 Å². The van der Waals surface area contributed by atoms with Crippen LogP contribution in [0.1, 0.15) is 71.9 Å². The first-order valence-electron chi connectivity index (χ1n) is 23.5. The summed E-state index contributed by atoms with van der Waals surface area (Å²) in [5.41, 5.74) is 10.7. The molecule has 10 nitrogen and oxygen atoms in total. The second kappa shape index (κ2) is 20.4. The summed E-state index contributed by atoms with van der Waals surface area (Å²) in [7, 11) is -6.75. The standard InChI is InChI=1S/C57H52N4O6P2/c58-38-64-52-19-7-1-13-46(52)36-60(40-68(62)56-23-11-5-17-50(56)48-15-3-9-21-54(48)66-68)34-44-29-25-42(26-30-44)33-43-27-31-45(32-28-43)35-61(37-47-14-2-8-20-53(47)65-39-59)41-69(63)57-24-12-6-18-51(57)49-16-4-10-22-55(49)67-69/h1-14,17-20,23-27,29-31H,15-16,21-22,28,32-37,40-41H2. The normalized spacial score (nSPS) is 20.0. The van der Waals surface area contributed by atoms with Crippen molar-refractivity contribution in [2.45, 2.75) is 64.6 Å². The minimum atomic E-state index is -3.38. The second-order valence-corrected chi connectivity index (χ2v) is 22.7. The van der Waals surface area contributed by atoms with Gasteiger partial charge < -0.3 is 18.5 Å². The van der Waals surface area contributed by atoms with Crippen molar-refractivity contribution in [3.05, 3.63) is 214 Å². The number of para-hydroxylation sites is 2. The maximum atomic E-state index is 15.1. The van der Waals surface area contributed by atoms with Crippen LogP contribution in [0.15, 0.2) is 180 Å². The molecule has 2 heterocycles. The van der Waals surface area contributed by atoms with Crippen molar-refractivity contribution in [1.82, 2.24) is 9.80 Å². The van der Waals surface area contributed by atoms with E-state index in [2.05, 4.69) is 82.7 Å². The highest BCUT2D eigenvalue weighted by atomic mass is 31.2. The van der Waals surface area contributed by atoms with Gasteiger partial charge in [-0.3, -0.25) is 18.9 Å². The Bertz CT molecular complexity index is 3170. The third-order valence-corrected chi connectivity index (χ3v) is 18.2. The monoisotopic (exact) mass is 950 g/mol. The van der Waals surface area contributed by atoms with Gasteiger partial charge in [0.25, 0.3) is 27.2 Å². The molecule has 0 fully saturated rings. The van der Waals surface area contributed by atoms with Crippen molar-refractivity contribution >= 4 is 36.5 Å². The van der Waals surface area contributed by atoms with Crippen LogP contribution in [0.5, 0.6) is 11.5 Å². The lowest BCUT2D eigenvalue weighted by molar-refractivity contribution is 0.277. The molecule has 69 heavy (non-hydrogen) atoms. The lowest BCUT2D eigenvalue weighted by Crippen LogP contribution is -2.32. The van der Waals surface area contributed by atoms with Crippen LogP contribution in [0, 0.1) is 23.0 Å². The van der Waals surface area contributed by atoms with Crippen LogP contribution in [-0.2, 0) is 44.2 Å². The van der Waals surface area contributed by atoms with E-state index in [1.807, 2.05) is 85.3 Å². The fraction of sp³-hybridized carbons (Fsp3) is 0.228.